The largest absolute Gasteiger partial charge is 0.698 e. The predicted octanol–water partition coefficient (Wildman–Crippen LogP) is 6.55. The number of nitrogens with zero attached hydrogens (tertiary/aromatic N) is 2. The minimum atomic E-state index is -2.37. The molecule has 7 nitrogen and oxygen atoms in total. The van der Waals surface area contributed by atoms with Crippen LogP contribution in [0.2, 0.25) is 0 Å². The van der Waals surface area contributed by atoms with Gasteiger partial charge in [0.05, 0.1) is 11.4 Å². The second-order valence-electron chi connectivity index (χ2n) is 7.34. The predicted molar refractivity (Wildman–Crippen MR) is 114 cm³/mol. The van der Waals surface area contributed by atoms with Gasteiger partial charge in [-0.15, -0.1) is 9.05 Å². The Morgan fingerprint density at radius 3 is 1.50 bits per heavy atom. The van der Waals surface area contributed by atoms with Gasteiger partial charge in [-0.05, 0) is 24.7 Å². The summed E-state index contributed by atoms with van der Waals surface area (Å²) in [5, 5.41) is 24.9. The van der Waals surface area contributed by atoms with Gasteiger partial charge in [-0.2, -0.15) is 0 Å². The fourth-order valence-electron chi connectivity index (χ4n) is 3.10. The second kappa shape index (κ2) is 18.0. The highest BCUT2D eigenvalue weighted by Crippen LogP contribution is 2.26. The summed E-state index contributed by atoms with van der Waals surface area (Å²) in [4.78, 5) is 0. The van der Waals surface area contributed by atoms with Crippen LogP contribution in [0.1, 0.15) is 91.9 Å². The van der Waals surface area contributed by atoms with Crippen LogP contribution in [0.4, 0.5) is 0 Å². The third kappa shape index (κ3) is 13.2. The maximum atomic E-state index is 12.0. The van der Waals surface area contributed by atoms with Crippen LogP contribution >= 0.6 is 8.25 Å². The van der Waals surface area contributed by atoms with Gasteiger partial charge in [-0.1, -0.05) is 89.4 Å². The van der Waals surface area contributed by atoms with Gasteiger partial charge in [0.15, 0.2) is 0 Å². The van der Waals surface area contributed by atoms with Crippen molar-refractivity contribution in [3.8, 4) is 0 Å². The van der Waals surface area contributed by atoms with Crippen molar-refractivity contribution in [2.45, 2.75) is 91.9 Å². The first-order valence-electron chi connectivity index (χ1n) is 10.7. The van der Waals surface area contributed by atoms with Crippen LogP contribution in [-0.2, 0) is 13.6 Å². The first-order valence-corrected chi connectivity index (χ1v) is 11.8. The summed E-state index contributed by atoms with van der Waals surface area (Å²) < 4.78 is 22.4. The van der Waals surface area contributed by atoms with E-state index in [0.29, 0.717) is 36.1 Å². The molecule has 0 amide bonds. The highest BCUT2D eigenvalue weighted by Gasteiger charge is 2.25. The van der Waals surface area contributed by atoms with Crippen molar-refractivity contribution < 1.29 is 24.0 Å². The van der Waals surface area contributed by atoms with Crippen molar-refractivity contribution in [3.63, 3.8) is 0 Å². The lowest BCUT2D eigenvalue weighted by Gasteiger charge is -2.14. The SMILES string of the molecule is CCCCC(CC)CC(CO[P+](=O)OCC(CC(CC)CCCC)=NO)=NO. The van der Waals surface area contributed by atoms with Gasteiger partial charge >= 0.3 is 8.25 Å². The van der Waals surface area contributed by atoms with Crippen molar-refractivity contribution in [2.75, 3.05) is 13.2 Å². The first kappa shape index (κ1) is 27.0. The van der Waals surface area contributed by atoms with E-state index in [9.17, 15) is 15.0 Å². The van der Waals surface area contributed by atoms with Crippen LogP contribution in [0.15, 0.2) is 10.3 Å². The molecule has 164 valence electrons. The Hall–Kier alpha value is -1.04. The molecule has 0 saturated heterocycles. The summed E-state index contributed by atoms with van der Waals surface area (Å²) in [5.41, 5.74) is 0.938. The number of rotatable bonds is 18. The molecule has 0 radical (unpaired) electrons. The molecule has 0 aromatic heterocycles. The number of hydrogen-bond acceptors (Lipinski definition) is 7. The van der Waals surface area contributed by atoms with E-state index < -0.39 is 8.25 Å². The van der Waals surface area contributed by atoms with Crippen molar-refractivity contribution in [3.05, 3.63) is 0 Å². The Morgan fingerprint density at radius 1 is 0.821 bits per heavy atom. The van der Waals surface area contributed by atoms with E-state index in [4.69, 9.17) is 9.05 Å². The zero-order valence-electron chi connectivity index (χ0n) is 18.1. The van der Waals surface area contributed by atoms with Crippen molar-refractivity contribution in [2.24, 2.45) is 22.1 Å². The first-order chi connectivity index (χ1) is 13.5. The zero-order chi connectivity index (χ0) is 21.2. The summed E-state index contributed by atoms with van der Waals surface area (Å²) in [6, 6.07) is 0. The molecule has 0 aliphatic carbocycles. The van der Waals surface area contributed by atoms with E-state index >= 15 is 0 Å². The molecule has 0 aliphatic heterocycles. The number of oxime groups is 2. The molecular formula is C20H40N2O5P+. The number of hydrogen-bond donors (Lipinski definition) is 2. The summed E-state index contributed by atoms with van der Waals surface area (Å²) in [5.74, 6) is 0.853. The molecule has 0 rings (SSSR count). The lowest BCUT2D eigenvalue weighted by Crippen LogP contribution is -2.15. The number of unbranched alkanes of at least 4 members (excludes halogenated alkanes) is 2. The smallest absolute Gasteiger partial charge is 0.411 e. The summed E-state index contributed by atoms with van der Waals surface area (Å²) in [6.45, 7) is 8.45. The van der Waals surface area contributed by atoms with E-state index in [-0.39, 0.29) is 13.2 Å². The van der Waals surface area contributed by atoms with Gasteiger partial charge in [-0.25, -0.2) is 0 Å². The fraction of sp³-hybridized carbons (Fsp3) is 0.900. The highest BCUT2D eigenvalue weighted by molar-refractivity contribution is 7.33. The summed E-state index contributed by atoms with van der Waals surface area (Å²) >= 11 is 0. The molecule has 0 aromatic rings. The van der Waals surface area contributed by atoms with Crippen LogP contribution in [0, 0.1) is 11.8 Å². The van der Waals surface area contributed by atoms with Crippen LogP contribution in [0.25, 0.3) is 0 Å². The van der Waals surface area contributed by atoms with Crippen LogP contribution in [0.3, 0.4) is 0 Å². The molecule has 28 heavy (non-hydrogen) atoms. The normalized spacial score (nSPS) is 15.5. The van der Waals surface area contributed by atoms with Crippen LogP contribution in [0.5, 0.6) is 0 Å². The minimum Gasteiger partial charge on any atom is -0.411 e. The van der Waals surface area contributed by atoms with E-state index in [0.717, 1.165) is 51.4 Å². The maximum Gasteiger partial charge on any atom is 0.698 e. The Kier molecular flexibility index (Phi) is 17.3. The Bertz CT molecular complexity index is 432. The van der Waals surface area contributed by atoms with Gasteiger partial charge in [0, 0.05) is 4.57 Å². The van der Waals surface area contributed by atoms with Crippen LogP contribution in [-0.4, -0.2) is 35.1 Å². The lowest BCUT2D eigenvalue weighted by molar-refractivity contribution is 0.256. The zero-order valence-corrected chi connectivity index (χ0v) is 19.0. The molecule has 0 aliphatic rings. The van der Waals surface area contributed by atoms with Gasteiger partial charge in [0.2, 0.25) is 0 Å². The molecule has 0 saturated carbocycles. The third-order valence-corrected chi connectivity index (χ3v) is 5.77. The highest BCUT2D eigenvalue weighted by atomic mass is 31.1. The molecule has 2 unspecified atom stereocenters. The van der Waals surface area contributed by atoms with E-state index in [1.165, 1.54) is 0 Å². The van der Waals surface area contributed by atoms with Gasteiger partial charge in [-0.3, -0.25) is 0 Å². The molecular weight excluding hydrogens is 379 g/mol. The molecule has 0 heterocycles. The minimum absolute atomic E-state index is 0.0337. The second-order valence-corrected chi connectivity index (χ2v) is 8.31. The standard InChI is InChI=1S/C20H39N2O5P/c1-5-9-11-17(7-3)13-19(21-23)15-26-28(25)27-16-20(22-24)14-18(8-4)12-10-6-2/h17-18H,5-16H2,1-4H3,(H-,23,24)/p+1. The van der Waals surface area contributed by atoms with Gasteiger partial charge in [0.1, 0.15) is 13.2 Å². The molecule has 2 atom stereocenters. The van der Waals surface area contributed by atoms with Crippen molar-refractivity contribution >= 4 is 19.7 Å². The fourth-order valence-corrected chi connectivity index (χ4v) is 3.69. The average Bonchev–Trinajstić information content (AvgIpc) is 2.72. The van der Waals surface area contributed by atoms with Gasteiger partial charge < -0.3 is 10.4 Å². The molecule has 0 fully saturated rings. The van der Waals surface area contributed by atoms with Crippen molar-refractivity contribution in [1.82, 2.24) is 0 Å². The van der Waals surface area contributed by atoms with Crippen LogP contribution < -0.4 is 0 Å². The molecule has 0 bridgehead atoms. The van der Waals surface area contributed by atoms with E-state index in [1.54, 1.807) is 0 Å². The molecule has 0 spiro atoms. The Labute approximate surface area is 171 Å². The maximum absolute atomic E-state index is 12.0. The lowest BCUT2D eigenvalue weighted by atomic mass is 9.94. The third-order valence-electron chi connectivity index (χ3n) is 5.09. The Morgan fingerprint density at radius 2 is 1.21 bits per heavy atom. The molecule has 0 aromatic carbocycles. The average molecular weight is 420 g/mol. The monoisotopic (exact) mass is 419 g/mol. The van der Waals surface area contributed by atoms with Crippen molar-refractivity contribution in [1.29, 1.82) is 0 Å². The quantitative estimate of drug-likeness (QED) is 0.113. The molecule has 2 N–H and O–H groups in total. The summed E-state index contributed by atoms with van der Waals surface area (Å²) in [7, 11) is -2.37. The van der Waals surface area contributed by atoms with E-state index in [2.05, 4.69) is 38.0 Å². The van der Waals surface area contributed by atoms with E-state index in [1.807, 2.05) is 0 Å². The summed E-state index contributed by atoms with van der Waals surface area (Å²) in [6.07, 6.45) is 9.90. The van der Waals surface area contributed by atoms with Gasteiger partial charge in [0.25, 0.3) is 0 Å². The topological polar surface area (TPSA) is 101 Å². The Balaban J connectivity index is 4.33. The molecule has 8 heteroatoms.